The van der Waals surface area contributed by atoms with E-state index in [9.17, 15) is 5.11 Å². The molecule has 1 aromatic heterocycles. The lowest BCUT2D eigenvalue weighted by Crippen LogP contribution is -1.95. The first kappa shape index (κ1) is 16.7. The SMILES string of the molecule is Cc1cc[nH+]cc1.[O-]c1c(Cl)c(Cl)c(Cl)c(Cl)c1Cl. The number of halogens is 5. The molecular weight excluding hydrogens is 351 g/mol. The van der Waals surface area contributed by atoms with Crippen LogP contribution in [0.1, 0.15) is 5.56 Å². The van der Waals surface area contributed by atoms with E-state index in [0.29, 0.717) is 0 Å². The molecule has 0 amide bonds. The number of hydrogen-bond donors (Lipinski definition) is 0. The lowest BCUT2D eigenvalue weighted by atomic mass is 10.3. The molecule has 2 aromatic rings. The third-order valence-electron chi connectivity index (χ3n) is 2.05. The van der Waals surface area contributed by atoms with Crippen LogP contribution >= 0.6 is 58.0 Å². The van der Waals surface area contributed by atoms with Gasteiger partial charge in [0, 0.05) is 12.1 Å². The molecule has 1 N–H and O–H groups in total. The van der Waals surface area contributed by atoms with E-state index < -0.39 is 5.75 Å². The van der Waals surface area contributed by atoms with E-state index in [1.807, 2.05) is 24.5 Å². The minimum Gasteiger partial charge on any atom is -0.870 e. The number of H-pyrrole nitrogens is 1. The molecule has 0 bridgehead atoms. The largest absolute Gasteiger partial charge is 0.870 e. The molecule has 0 aliphatic carbocycles. The Balaban J connectivity index is 0.000000218. The van der Waals surface area contributed by atoms with Gasteiger partial charge in [-0.25, -0.2) is 4.98 Å². The third kappa shape index (κ3) is 4.30. The van der Waals surface area contributed by atoms with E-state index in [2.05, 4.69) is 11.9 Å². The highest BCUT2D eigenvalue weighted by atomic mass is 35.5. The van der Waals surface area contributed by atoms with Crippen molar-refractivity contribution in [3.05, 3.63) is 55.2 Å². The summed E-state index contributed by atoms with van der Waals surface area (Å²) in [7, 11) is 0. The van der Waals surface area contributed by atoms with Crippen LogP contribution < -0.4 is 10.1 Å². The molecular formula is C12H8Cl5NO. The lowest BCUT2D eigenvalue weighted by Gasteiger charge is -2.14. The number of nitrogens with one attached hydrogen (secondary N) is 1. The van der Waals surface area contributed by atoms with Crippen LogP contribution in [0.2, 0.25) is 25.1 Å². The summed E-state index contributed by atoms with van der Waals surface area (Å²) in [4.78, 5) is 2.93. The molecule has 0 saturated carbocycles. The number of pyridine rings is 1. The van der Waals surface area contributed by atoms with Crippen molar-refractivity contribution in [1.82, 2.24) is 0 Å². The molecule has 0 aliphatic rings. The van der Waals surface area contributed by atoms with Crippen molar-refractivity contribution in [2.45, 2.75) is 6.92 Å². The van der Waals surface area contributed by atoms with Crippen LogP contribution in [0, 0.1) is 6.92 Å². The highest BCUT2D eigenvalue weighted by Crippen LogP contribution is 2.46. The average Bonchev–Trinajstić information content (AvgIpc) is 2.42. The molecule has 2 nitrogen and oxygen atoms in total. The smallest absolute Gasteiger partial charge is 0.167 e. The second-order valence-electron chi connectivity index (χ2n) is 3.48. The van der Waals surface area contributed by atoms with Gasteiger partial charge < -0.3 is 5.11 Å². The van der Waals surface area contributed by atoms with Gasteiger partial charge in [-0.2, -0.15) is 0 Å². The van der Waals surface area contributed by atoms with Crippen LogP contribution in [0.3, 0.4) is 0 Å². The molecule has 2 rings (SSSR count). The molecule has 0 radical (unpaired) electrons. The molecule has 0 atom stereocenters. The van der Waals surface area contributed by atoms with Gasteiger partial charge in [0.05, 0.1) is 25.1 Å². The Bertz CT molecular complexity index is 469. The maximum atomic E-state index is 11.1. The highest BCUT2D eigenvalue weighted by Gasteiger charge is 2.13. The van der Waals surface area contributed by atoms with Crippen molar-refractivity contribution >= 4 is 58.0 Å². The van der Waals surface area contributed by atoms with Crippen molar-refractivity contribution in [3.63, 3.8) is 0 Å². The minimum absolute atomic E-state index is 0.00654. The molecule has 1 heterocycles. The predicted octanol–water partition coefficient (Wildman–Crippen LogP) is 4.84. The molecule has 0 aliphatic heterocycles. The van der Waals surface area contributed by atoms with Gasteiger partial charge in [-0.3, -0.25) is 0 Å². The Kier molecular flexibility index (Phi) is 6.51. The molecule has 102 valence electrons. The Morgan fingerprint density at radius 3 is 1.47 bits per heavy atom. The molecule has 7 heteroatoms. The Morgan fingerprint density at radius 1 is 0.789 bits per heavy atom. The van der Waals surface area contributed by atoms with Gasteiger partial charge >= 0.3 is 0 Å². The zero-order valence-corrected chi connectivity index (χ0v) is 13.4. The quantitative estimate of drug-likeness (QED) is 0.490. The zero-order valence-electron chi connectivity index (χ0n) is 9.61. The molecule has 0 saturated heterocycles. The first-order valence-corrected chi connectivity index (χ1v) is 6.86. The third-order valence-corrected chi connectivity index (χ3v) is 4.30. The number of hydrogen-bond acceptors (Lipinski definition) is 1. The summed E-state index contributed by atoms with van der Waals surface area (Å²) in [5.41, 5.74) is 1.29. The normalized spacial score (nSPS) is 9.79. The van der Waals surface area contributed by atoms with E-state index in [0.717, 1.165) is 0 Å². The van der Waals surface area contributed by atoms with Gasteiger partial charge in [-0.15, -0.1) is 0 Å². The summed E-state index contributed by atoms with van der Waals surface area (Å²) in [6.45, 7) is 2.06. The fourth-order valence-electron chi connectivity index (χ4n) is 1.05. The maximum absolute atomic E-state index is 11.1. The first-order valence-electron chi connectivity index (χ1n) is 4.97. The number of aromatic amines is 1. The highest BCUT2D eigenvalue weighted by molar-refractivity contribution is 6.55. The van der Waals surface area contributed by atoms with Crippen LogP contribution in [0.25, 0.3) is 0 Å². The molecule has 1 aromatic carbocycles. The fraction of sp³-hybridized carbons (Fsp3) is 0.0833. The molecule has 0 fully saturated rings. The molecule has 0 unspecified atom stereocenters. The number of aryl methyl sites for hydroxylation is 1. The average molecular weight is 359 g/mol. The van der Waals surface area contributed by atoms with Gasteiger partial charge in [-0.1, -0.05) is 63.8 Å². The van der Waals surface area contributed by atoms with Gasteiger partial charge in [0.15, 0.2) is 12.4 Å². The monoisotopic (exact) mass is 357 g/mol. The maximum Gasteiger partial charge on any atom is 0.167 e. The number of aromatic nitrogens is 1. The van der Waals surface area contributed by atoms with Crippen LogP contribution in [0.15, 0.2) is 24.5 Å². The van der Waals surface area contributed by atoms with Crippen LogP contribution in [0.4, 0.5) is 0 Å². The Hall–Kier alpha value is -0.380. The second-order valence-corrected chi connectivity index (χ2v) is 5.37. The van der Waals surface area contributed by atoms with E-state index in [4.69, 9.17) is 58.0 Å². The van der Waals surface area contributed by atoms with E-state index in [1.165, 1.54) is 5.56 Å². The van der Waals surface area contributed by atoms with Crippen LogP contribution in [0.5, 0.6) is 5.75 Å². The van der Waals surface area contributed by atoms with E-state index in [1.54, 1.807) is 0 Å². The van der Waals surface area contributed by atoms with Crippen molar-refractivity contribution in [2.75, 3.05) is 0 Å². The summed E-state index contributed by atoms with van der Waals surface area (Å²) in [6.07, 6.45) is 3.82. The molecule has 19 heavy (non-hydrogen) atoms. The van der Waals surface area contributed by atoms with Crippen molar-refractivity contribution in [2.24, 2.45) is 0 Å². The zero-order chi connectivity index (χ0) is 14.6. The summed E-state index contributed by atoms with van der Waals surface area (Å²) >= 11 is 27.7. The van der Waals surface area contributed by atoms with Gasteiger partial charge in [0.25, 0.3) is 0 Å². The molecule has 0 spiro atoms. The van der Waals surface area contributed by atoms with E-state index >= 15 is 0 Å². The number of benzene rings is 1. The predicted molar refractivity (Wildman–Crippen MR) is 78.7 cm³/mol. The van der Waals surface area contributed by atoms with Crippen molar-refractivity contribution < 1.29 is 10.1 Å². The van der Waals surface area contributed by atoms with Crippen molar-refractivity contribution in [1.29, 1.82) is 0 Å². The summed E-state index contributed by atoms with van der Waals surface area (Å²) in [5, 5.41) is 10.5. The lowest BCUT2D eigenvalue weighted by molar-refractivity contribution is -0.378. The Morgan fingerprint density at radius 2 is 1.16 bits per heavy atom. The van der Waals surface area contributed by atoms with Gasteiger partial charge in [0.1, 0.15) is 0 Å². The van der Waals surface area contributed by atoms with Gasteiger partial charge in [0.2, 0.25) is 0 Å². The summed E-state index contributed by atoms with van der Waals surface area (Å²) in [5.74, 6) is -0.613. The summed E-state index contributed by atoms with van der Waals surface area (Å²) < 4.78 is 0. The van der Waals surface area contributed by atoms with Crippen LogP contribution in [-0.4, -0.2) is 0 Å². The summed E-state index contributed by atoms with van der Waals surface area (Å²) in [6, 6.07) is 4.06. The fourth-order valence-corrected chi connectivity index (χ4v) is 2.18. The topological polar surface area (TPSA) is 37.2 Å². The van der Waals surface area contributed by atoms with Gasteiger partial charge in [-0.05, 0) is 12.5 Å². The van der Waals surface area contributed by atoms with Crippen molar-refractivity contribution in [3.8, 4) is 5.75 Å². The minimum atomic E-state index is -0.613. The first-order chi connectivity index (χ1) is 8.86. The number of rotatable bonds is 0. The van der Waals surface area contributed by atoms with E-state index in [-0.39, 0.29) is 25.1 Å². The van der Waals surface area contributed by atoms with Crippen LogP contribution in [-0.2, 0) is 0 Å². The standard InChI is InChI=1S/C6HCl5O.C6H7N/c7-1-2(8)4(10)6(12)5(11)3(1)9;1-6-2-4-7-5-3-6/h12H;2-5H,1H3. The second kappa shape index (κ2) is 7.41. The Labute approximate surface area is 135 Å².